The van der Waals surface area contributed by atoms with Gasteiger partial charge in [-0.25, -0.2) is 0 Å². The molecule has 2 heterocycles. The maximum atomic E-state index is 13.0. The number of nitrogens with two attached hydrogens (primary N) is 3. The third kappa shape index (κ3) is 3.38. The van der Waals surface area contributed by atoms with Crippen molar-refractivity contribution in [1.82, 2.24) is 9.80 Å². The molecule has 2 aliphatic heterocycles. The molecule has 2 fully saturated rings. The Morgan fingerprint density at radius 1 is 1.27 bits per heavy atom. The molecule has 0 aromatic heterocycles. The van der Waals surface area contributed by atoms with Crippen molar-refractivity contribution in [3.63, 3.8) is 0 Å². The zero-order valence-electron chi connectivity index (χ0n) is 14.9. The number of carbonyl (C=O) groups is 4. The molecule has 146 valence electrons. The van der Waals surface area contributed by atoms with Gasteiger partial charge in [0.05, 0.1) is 12.1 Å². The van der Waals surface area contributed by atoms with E-state index < -0.39 is 47.4 Å². The molecule has 0 bridgehead atoms. The largest absolute Gasteiger partial charge is 0.394 e. The van der Waals surface area contributed by atoms with Gasteiger partial charge in [0.1, 0.15) is 11.6 Å². The molecule has 10 nitrogen and oxygen atoms in total. The van der Waals surface area contributed by atoms with Crippen molar-refractivity contribution in [1.29, 1.82) is 0 Å². The average molecular weight is 369 g/mol. The van der Waals surface area contributed by atoms with Crippen molar-refractivity contribution in [3.8, 4) is 0 Å². The van der Waals surface area contributed by atoms with Crippen LogP contribution in [0.1, 0.15) is 39.0 Å². The molecule has 0 radical (unpaired) electrons. The maximum Gasteiger partial charge on any atom is 0.249 e. The summed E-state index contributed by atoms with van der Waals surface area (Å²) in [6.45, 7) is 1.53. The van der Waals surface area contributed by atoms with E-state index in [1.165, 1.54) is 16.7 Å². The highest BCUT2D eigenvalue weighted by Crippen LogP contribution is 2.40. The van der Waals surface area contributed by atoms with Crippen LogP contribution in [0, 0.1) is 0 Å². The fourth-order valence-electron chi connectivity index (χ4n) is 3.88. The van der Waals surface area contributed by atoms with Gasteiger partial charge in [-0.3, -0.25) is 19.2 Å². The first-order valence-corrected chi connectivity index (χ1v) is 8.67. The average Bonchev–Trinajstić information content (AvgIpc) is 3.12. The first-order chi connectivity index (χ1) is 12.1. The summed E-state index contributed by atoms with van der Waals surface area (Å²) < 4.78 is 0. The summed E-state index contributed by atoms with van der Waals surface area (Å²) in [7, 11) is 0. The number of aliphatic hydroxyl groups excluding tert-OH is 1. The van der Waals surface area contributed by atoms with E-state index >= 15 is 0 Å². The van der Waals surface area contributed by atoms with Crippen molar-refractivity contribution < 1.29 is 24.3 Å². The van der Waals surface area contributed by atoms with E-state index in [1.54, 1.807) is 0 Å². The van der Waals surface area contributed by atoms with Crippen molar-refractivity contribution >= 4 is 23.6 Å². The van der Waals surface area contributed by atoms with Gasteiger partial charge in [0.2, 0.25) is 23.6 Å². The van der Waals surface area contributed by atoms with Crippen LogP contribution in [-0.4, -0.2) is 75.4 Å². The van der Waals surface area contributed by atoms with Crippen LogP contribution in [0.25, 0.3) is 0 Å². The highest BCUT2D eigenvalue weighted by Gasteiger charge is 2.58. The quantitative estimate of drug-likeness (QED) is 0.383. The summed E-state index contributed by atoms with van der Waals surface area (Å²) in [5.74, 6) is -2.17. The van der Waals surface area contributed by atoms with Crippen LogP contribution in [0.15, 0.2) is 0 Å². The van der Waals surface area contributed by atoms with Crippen molar-refractivity contribution in [3.05, 3.63) is 0 Å². The van der Waals surface area contributed by atoms with E-state index in [4.69, 9.17) is 17.2 Å². The van der Waals surface area contributed by atoms with Crippen molar-refractivity contribution in [2.24, 2.45) is 17.2 Å². The summed E-state index contributed by atoms with van der Waals surface area (Å²) >= 11 is 0. The van der Waals surface area contributed by atoms with Crippen LogP contribution in [0.4, 0.5) is 0 Å². The van der Waals surface area contributed by atoms with Gasteiger partial charge in [-0.1, -0.05) is 0 Å². The van der Waals surface area contributed by atoms with Gasteiger partial charge in [-0.15, -0.1) is 0 Å². The Morgan fingerprint density at radius 3 is 2.46 bits per heavy atom. The van der Waals surface area contributed by atoms with Gasteiger partial charge < -0.3 is 32.1 Å². The monoisotopic (exact) mass is 369 g/mol. The first kappa shape index (κ1) is 20.1. The molecule has 2 rings (SSSR count). The Hall–Kier alpha value is -2.20. The molecule has 7 N–H and O–H groups in total. The predicted octanol–water partition coefficient (Wildman–Crippen LogP) is -2.59. The molecule has 0 aliphatic carbocycles. The number of nitrogens with zero attached hydrogens (tertiary/aromatic N) is 2. The third-order valence-corrected chi connectivity index (χ3v) is 5.42. The van der Waals surface area contributed by atoms with E-state index in [0.717, 1.165) is 0 Å². The minimum atomic E-state index is -1.33. The molecule has 0 aromatic rings. The minimum Gasteiger partial charge on any atom is -0.394 e. The second-order valence-corrected chi connectivity index (χ2v) is 7.32. The van der Waals surface area contributed by atoms with Gasteiger partial charge in [0.25, 0.3) is 0 Å². The van der Waals surface area contributed by atoms with Gasteiger partial charge in [0, 0.05) is 19.5 Å². The van der Waals surface area contributed by atoms with Gasteiger partial charge >= 0.3 is 0 Å². The standard InChI is InChI=1S/C16H27N5O5/c1-15(19,5-3-11(17)23)13(25)21-7-2-4-16(21)6-8-20(14(16)26)10(9-22)12(18)24/h10,22H,2-9,19H2,1H3,(H2,17,23)(H2,18,24)/t10-,15?,16?/m0/s1. The van der Waals surface area contributed by atoms with E-state index in [-0.39, 0.29) is 19.4 Å². The highest BCUT2D eigenvalue weighted by atomic mass is 16.3. The number of hydrogen-bond donors (Lipinski definition) is 4. The molecule has 1 spiro atoms. The maximum absolute atomic E-state index is 13.0. The molecule has 0 saturated carbocycles. The van der Waals surface area contributed by atoms with Crippen molar-refractivity contribution in [2.75, 3.05) is 19.7 Å². The van der Waals surface area contributed by atoms with Crippen molar-refractivity contribution in [2.45, 2.75) is 56.1 Å². The zero-order chi connectivity index (χ0) is 19.7. The van der Waals surface area contributed by atoms with Crippen LogP contribution >= 0.6 is 0 Å². The SMILES string of the molecule is CC(N)(CCC(N)=O)C(=O)N1CCCC12CCN([C@@H](CO)C(N)=O)C2=O. The molecule has 10 heteroatoms. The summed E-state index contributed by atoms with van der Waals surface area (Å²) in [6.07, 6.45) is 1.46. The molecule has 0 aromatic carbocycles. The Balaban J connectivity index is 2.24. The molecule has 2 saturated heterocycles. The Bertz CT molecular complexity index is 622. The smallest absolute Gasteiger partial charge is 0.249 e. The molecule has 26 heavy (non-hydrogen) atoms. The molecule has 4 amide bonds. The van der Waals surface area contributed by atoms with E-state index in [0.29, 0.717) is 25.8 Å². The lowest BCUT2D eigenvalue weighted by molar-refractivity contribution is -0.152. The fraction of sp³-hybridized carbons (Fsp3) is 0.750. The lowest BCUT2D eigenvalue weighted by atomic mass is 9.89. The first-order valence-electron chi connectivity index (χ1n) is 8.67. The van der Waals surface area contributed by atoms with E-state index in [1.807, 2.05) is 0 Å². The van der Waals surface area contributed by atoms with Crippen LogP contribution in [0.2, 0.25) is 0 Å². The molecule has 2 unspecified atom stereocenters. The predicted molar refractivity (Wildman–Crippen MR) is 91.1 cm³/mol. The Labute approximate surface area is 151 Å². The molecular formula is C16H27N5O5. The summed E-state index contributed by atoms with van der Waals surface area (Å²) in [6, 6.07) is -1.11. The van der Waals surface area contributed by atoms with Crippen LogP contribution in [0.3, 0.4) is 0 Å². The Morgan fingerprint density at radius 2 is 1.92 bits per heavy atom. The van der Waals surface area contributed by atoms with E-state index in [9.17, 15) is 24.3 Å². The van der Waals surface area contributed by atoms with Crippen LogP contribution < -0.4 is 17.2 Å². The lowest BCUT2D eigenvalue weighted by Crippen LogP contribution is -2.62. The second kappa shape index (κ2) is 7.20. The van der Waals surface area contributed by atoms with Crippen LogP contribution in [-0.2, 0) is 19.2 Å². The number of hydrogen-bond acceptors (Lipinski definition) is 6. The number of primary amides is 2. The molecule has 3 atom stereocenters. The van der Waals surface area contributed by atoms with Gasteiger partial charge in [-0.2, -0.15) is 0 Å². The number of likely N-dealkylation sites (tertiary alicyclic amines) is 2. The molecular weight excluding hydrogens is 342 g/mol. The topological polar surface area (TPSA) is 173 Å². The van der Waals surface area contributed by atoms with E-state index in [2.05, 4.69) is 0 Å². The Kier molecular flexibility index (Phi) is 5.57. The van der Waals surface area contributed by atoms with Crippen LogP contribution in [0.5, 0.6) is 0 Å². The number of rotatable bonds is 7. The highest BCUT2D eigenvalue weighted by molar-refractivity contribution is 5.98. The van der Waals surface area contributed by atoms with Gasteiger partial charge in [0.15, 0.2) is 0 Å². The fourth-order valence-corrected chi connectivity index (χ4v) is 3.88. The minimum absolute atomic E-state index is 0.0338. The summed E-state index contributed by atoms with van der Waals surface area (Å²) in [5.41, 5.74) is 14.1. The number of carbonyl (C=O) groups excluding carboxylic acids is 4. The number of amides is 4. The number of aliphatic hydroxyl groups is 1. The van der Waals surface area contributed by atoms with Gasteiger partial charge in [-0.05, 0) is 32.6 Å². The lowest BCUT2D eigenvalue weighted by Gasteiger charge is -2.38. The zero-order valence-corrected chi connectivity index (χ0v) is 14.9. The normalized spacial score (nSPS) is 26.2. The third-order valence-electron chi connectivity index (χ3n) is 5.42. The summed E-state index contributed by atoms with van der Waals surface area (Å²) in [4.78, 5) is 51.3. The molecule has 2 aliphatic rings. The second-order valence-electron chi connectivity index (χ2n) is 7.32. The summed E-state index contributed by atoms with van der Waals surface area (Å²) in [5, 5.41) is 9.39.